The molecule has 0 aliphatic heterocycles. The van der Waals surface area contributed by atoms with E-state index in [4.69, 9.17) is 4.74 Å². The lowest BCUT2D eigenvalue weighted by atomic mass is 9.44. The van der Waals surface area contributed by atoms with Gasteiger partial charge >= 0.3 is 5.97 Å². The molecule has 0 heterocycles. The fraction of sp³-hybridized carbons (Fsp3) is 0.741. The summed E-state index contributed by atoms with van der Waals surface area (Å²) in [6, 6.07) is 7.70. The molecule has 5 rings (SSSR count). The molecule has 0 unspecified atom stereocenters. The highest BCUT2D eigenvalue weighted by Gasteiger charge is 2.63. The third kappa shape index (κ3) is 3.50. The van der Waals surface area contributed by atoms with Crippen molar-refractivity contribution in [3.8, 4) is 0 Å². The number of rotatable bonds is 2. The molecule has 1 N–H and O–H groups in total. The molecule has 4 heteroatoms. The van der Waals surface area contributed by atoms with E-state index in [0.29, 0.717) is 22.8 Å². The Morgan fingerprint density at radius 1 is 1.03 bits per heavy atom. The maximum Gasteiger partial charge on any atom is 0.338 e. The van der Waals surface area contributed by atoms with Crippen LogP contribution in [0.15, 0.2) is 24.3 Å². The zero-order chi connectivity index (χ0) is 22.0. The van der Waals surface area contributed by atoms with E-state index < -0.39 is 5.60 Å². The Morgan fingerprint density at radius 3 is 2.58 bits per heavy atom. The van der Waals surface area contributed by atoms with Crippen molar-refractivity contribution < 1.29 is 14.6 Å². The van der Waals surface area contributed by atoms with Crippen LogP contribution in [0.3, 0.4) is 0 Å². The van der Waals surface area contributed by atoms with Crippen molar-refractivity contribution in [3.05, 3.63) is 33.4 Å². The van der Waals surface area contributed by atoms with Crippen LogP contribution in [0.1, 0.15) is 88.9 Å². The second-order valence-corrected chi connectivity index (χ2v) is 13.0. The lowest BCUT2D eigenvalue weighted by molar-refractivity contribution is -0.153. The summed E-state index contributed by atoms with van der Waals surface area (Å²) in [5.74, 6) is 2.70. The normalized spacial score (nSPS) is 46.5. The first kappa shape index (κ1) is 22.2. The summed E-state index contributed by atoms with van der Waals surface area (Å²) in [5.41, 5.74) is 0.631. The van der Waals surface area contributed by atoms with E-state index in [1.54, 1.807) is 0 Å². The molecule has 3 nitrogen and oxygen atoms in total. The standard InChI is InChI=1S/C27H37IO3/c1-25-12-9-20(31-24(29)17-5-4-6-19(28)15-17)16-18(25)7-8-21-22(25)10-13-26(2)23(21)11-14-27(26,3)30/h4-6,15,18,20-23,30H,7-14,16H2,1-3H3/t18-,20+,21+,22-,23+,25-,26-,27-/m0/s1. The van der Waals surface area contributed by atoms with Crippen molar-refractivity contribution in [2.45, 2.75) is 90.3 Å². The fourth-order valence-corrected chi connectivity index (χ4v) is 8.95. The highest BCUT2D eigenvalue weighted by atomic mass is 127. The van der Waals surface area contributed by atoms with Gasteiger partial charge in [0.1, 0.15) is 6.10 Å². The minimum Gasteiger partial charge on any atom is -0.459 e. The van der Waals surface area contributed by atoms with Gasteiger partial charge in [0.2, 0.25) is 0 Å². The molecule has 1 aromatic rings. The largest absolute Gasteiger partial charge is 0.459 e. The van der Waals surface area contributed by atoms with E-state index >= 15 is 0 Å². The first-order chi connectivity index (χ1) is 14.6. The molecular weight excluding hydrogens is 499 g/mol. The van der Waals surface area contributed by atoms with E-state index in [2.05, 4.69) is 43.4 Å². The zero-order valence-corrected chi connectivity index (χ0v) is 21.4. The van der Waals surface area contributed by atoms with Crippen LogP contribution in [0, 0.1) is 38.1 Å². The van der Waals surface area contributed by atoms with Crippen molar-refractivity contribution in [1.82, 2.24) is 0 Å². The number of aliphatic hydroxyl groups is 1. The molecule has 31 heavy (non-hydrogen) atoms. The van der Waals surface area contributed by atoms with Gasteiger partial charge < -0.3 is 9.84 Å². The predicted molar refractivity (Wildman–Crippen MR) is 131 cm³/mol. The van der Waals surface area contributed by atoms with E-state index in [0.717, 1.165) is 34.7 Å². The van der Waals surface area contributed by atoms with Crippen molar-refractivity contribution in [2.24, 2.45) is 34.5 Å². The Labute approximate surface area is 200 Å². The van der Waals surface area contributed by atoms with Gasteiger partial charge in [0.15, 0.2) is 0 Å². The molecule has 8 atom stereocenters. The summed E-state index contributed by atoms with van der Waals surface area (Å²) in [5, 5.41) is 11.1. The second kappa shape index (κ2) is 7.72. The Bertz CT molecular complexity index is 866. The highest BCUT2D eigenvalue weighted by molar-refractivity contribution is 14.1. The summed E-state index contributed by atoms with van der Waals surface area (Å²) >= 11 is 2.24. The fourth-order valence-electron chi connectivity index (χ4n) is 8.40. The first-order valence-corrected chi connectivity index (χ1v) is 13.4. The number of hydrogen-bond donors (Lipinski definition) is 1. The quantitative estimate of drug-likeness (QED) is 0.342. The van der Waals surface area contributed by atoms with Crippen molar-refractivity contribution in [2.75, 3.05) is 0 Å². The topological polar surface area (TPSA) is 46.5 Å². The SMILES string of the molecule is C[C@]12CC[C@@H](OC(=O)c3cccc(I)c3)C[C@@H]1CC[C@H]1[C@H]3CC[C@](C)(O)[C@@]3(C)CC[C@@H]12. The average Bonchev–Trinajstić information content (AvgIpc) is 2.97. The van der Waals surface area contributed by atoms with Gasteiger partial charge in [-0.1, -0.05) is 19.9 Å². The molecular formula is C27H37IO3. The molecule has 4 aliphatic carbocycles. The first-order valence-electron chi connectivity index (χ1n) is 12.3. The third-order valence-corrected chi connectivity index (χ3v) is 11.2. The summed E-state index contributed by atoms with van der Waals surface area (Å²) in [4.78, 5) is 12.7. The van der Waals surface area contributed by atoms with Crippen LogP contribution in [0.2, 0.25) is 0 Å². The van der Waals surface area contributed by atoms with E-state index in [1.807, 2.05) is 24.3 Å². The number of halogens is 1. The van der Waals surface area contributed by atoms with Crippen LogP contribution in [0.4, 0.5) is 0 Å². The minimum absolute atomic E-state index is 0.0565. The maximum atomic E-state index is 12.7. The van der Waals surface area contributed by atoms with Gasteiger partial charge in [-0.3, -0.25) is 0 Å². The molecule has 0 saturated heterocycles. The lowest BCUT2D eigenvalue weighted by Gasteiger charge is -2.61. The van der Waals surface area contributed by atoms with E-state index in [1.165, 1.54) is 38.5 Å². The molecule has 0 radical (unpaired) electrons. The molecule has 0 bridgehead atoms. The second-order valence-electron chi connectivity index (χ2n) is 11.7. The molecule has 4 aliphatic rings. The van der Waals surface area contributed by atoms with Crippen LogP contribution in [0.25, 0.3) is 0 Å². The van der Waals surface area contributed by atoms with Crippen LogP contribution < -0.4 is 0 Å². The van der Waals surface area contributed by atoms with Crippen LogP contribution in [0.5, 0.6) is 0 Å². The van der Waals surface area contributed by atoms with Gasteiger partial charge in [0.25, 0.3) is 0 Å². The molecule has 4 saturated carbocycles. The van der Waals surface area contributed by atoms with E-state index in [9.17, 15) is 9.90 Å². The van der Waals surface area contributed by atoms with Crippen LogP contribution in [-0.2, 0) is 4.74 Å². The predicted octanol–water partition coefficient (Wildman–Crippen LogP) is 6.61. The summed E-state index contributed by atoms with van der Waals surface area (Å²) in [6.45, 7) is 7.01. The molecule has 1 aromatic carbocycles. The zero-order valence-electron chi connectivity index (χ0n) is 19.2. The Balaban J connectivity index is 1.28. The Kier molecular flexibility index (Phi) is 5.52. The van der Waals surface area contributed by atoms with Gasteiger partial charge in [0, 0.05) is 3.57 Å². The molecule has 0 spiro atoms. The number of fused-ring (bicyclic) bond motifs is 5. The van der Waals surface area contributed by atoms with Gasteiger partial charge in [-0.25, -0.2) is 4.79 Å². The van der Waals surface area contributed by atoms with Crippen LogP contribution in [-0.4, -0.2) is 22.8 Å². The van der Waals surface area contributed by atoms with Gasteiger partial charge in [-0.05, 0) is 140 Å². The van der Waals surface area contributed by atoms with Crippen LogP contribution >= 0.6 is 22.6 Å². The molecule has 170 valence electrons. The Morgan fingerprint density at radius 2 is 1.81 bits per heavy atom. The minimum atomic E-state index is -0.499. The molecule has 0 aromatic heterocycles. The lowest BCUT2D eigenvalue weighted by Crippen LogP contribution is -2.56. The van der Waals surface area contributed by atoms with Gasteiger partial charge in [0.05, 0.1) is 11.2 Å². The van der Waals surface area contributed by atoms with Crippen molar-refractivity contribution in [1.29, 1.82) is 0 Å². The highest BCUT2D eigenvalue weighted by Crippen LogP contribution is 2.68. The summed E-state index contributed by atoms with van der Waals surface area (Å²) in [7, 11) is 0. The van der Waals surface area contributed by atoms with Gasteiger partial charge in [-0.15, -0.1) is 0 Å². The van der Waals surface area contributed by atoms with Crippen molar-refractivity contribution in [3.63, 3.8) is 0 Å². The Hall–Kier alpha value is -0.620. The maximum absolute atomic E-state index is 12.7. The number of ether oxygens (including phenoxy) is 1. The number of benzene rings is 1. The summed E-state index contributed by atoms with van der Waals surface area (Å²) in [6.07, 6.45) is 10.4. The average molecular weight is 536 g/mol. The monoisotopic (exact) mass is 536 g/mol. The molecule has 4 fully saturated rings. The number of carbonyl (C=O) groups is 1. The number of hydrogen-bond acceptors (Lipinski definition) is 3. The van der Waals surface area contributed by atoms with Gasteiger partial charge in [-0.2, -0.15) is 0 Å². The van der Waals surface area contributed by atoms with E-state index in [-0.39, 0.29) is 17.5 Å². The number of carbonyl (C=O) groups excluding carboxylic acids is 1. The third-order valence-electron chi connectivity index (χ3n) is 10.5. The molecule has 0 amide bonds. The van der Waals surface area contributed by atoms with Crippen molar-refractivity contribution >= 4 is 28.6 Å². The smallest absolute Gasteiger partial charge is 0.338 e. The summed E-state index contributed by atoms with van der Waals surface area (Å²) < 4.78 is 7.07. The number of esters is 1.